The molecule has 4 aromatic rings. The third-order valence-corrected chi connectivity index (χ3v) is 4.51. The monoisotopic (exact) mass is 353 g/mol. The first-order valence-electron chi connectivity index (χ1n) is 7.61. The zero-order chi connectivity index (χ0) is 17.2. The number of anilines is 2. The van der Waals surface area contributed by atoms with E-state index in [9.17, 15) is 5.11 Å². The van der Waals surface area contributed by atoms with E-state index in [4.69, 9.17) is 4.74 Å². The fraction of sp³-hybridized carbons (Fsp3) is 0.118. The van der Waals surface area contributed by atoms with Crippen LogP contribution in [0.25, 0.3) is 4.96 Å². The summed E-state index contributed by atoms with van der Waals surface area (Å²) in [4.78, 5) is 0.727. The van der Waals surface area contributed by atoms with E-state index in [1.54, 1.807) is 23.8 Å². The van der Waals surface area contributed by atoms with Gasteiger partial charge in [-0.3, -0.25) is 0 Å². The Labute approximate surface area is 147 Å². The molecule has 0 saturated carbocycles. The van der Waals surface area contributed by atoms with Gasteiger partial charge in [0.1, 0.15) is 11.5 Å². The second-order valence-corrected chi connectivity index (χ2v) is 6.37. The summed E-state index contributed by atoms with van der Waals surface area (Å²) in [6.45, 7) is 0. The average molecular weight is 353 g/mol. The number of rotatable bonds is 5. The zero-order valence-corrected chi connectivity index (χ0v) is 14.2. The third-order valence-electron chi connectivity index (χ3n) is 3.70. The maximum absolute atomic E-state index is 9.37. The van der Waals surface area contributed by atoms with E-state index < -0.39 is 0 Å². The normalized spacial score (nSPS) is 10.9. The van der Waals surface area contributed by atoms with Gasteiger partial charge in [0.05, 0.1) is 7.11 Å². The molecule has 0 bridgehead atoms. The van der Waals surface area contributed by atoms with Gasteiger partial charge in [-0.2, -0.15) is 4.52 Å². The molecule has 4 rings (SSSR count). The smallest absolute Gasteiger partial charge is 0.236 e. The molecule has 126 valence electrons. The number of aromatic nitrogens is 4. The van der Waals surface area contributed by atoms with Crippen LogP contribution in [-0.4, -0.2) is 32.0 Å². The topological polar surface area (TPSA) is 84.6 Å². The summed E-state index contributed by atoms with van der Waals surface area (Å²) < 4.78 is 6.90. The Morgan fingerprint density at radius 2 is 1.84 bits per heavy atom. The van der Waals surface area contributed by atoms with E-state index in [0.717, 1.165) is 32.9 Å². The van der Waals surface area contributed by atoms with Crippen molar-refractivity contribution < 1.29 is 9.84 Å². The summed E-state index contributed by atoms with van der Waals surface area (Å²) in [5.41, 5.74) is 1.95. The number of phenolic OH excluding ortho intramolecular Hbond substituents is 1. The molecule has 0 aliphatic rings. The van der Waals surface area contributed by atoms with Gasteiger partial charge >= 0.3 is 0 Å². The first kappa shape index (κ1) is 15.4. The molecule has 2 aromatic heterocycles. The van der Waals surface area contributed by atoms with Gasteiger partial charge in [0.2, 0.25) is 10.1 Å². The van der Waals surface area contributed by atoms with Gasteiger partial charge in [-0.15, -0.1) is 15.3 Å². The maximum Gasteiger partial charge on any atom is 0.236 e. The molecule has 0 spiro atoms. The Hall–Kier alpha value is -3.13. The lowest BCUT2D eigenvalue weighted by Crippen LogP contribution is -1.98. The van der Waals surface area contributed by atoms with E-state index in [2.05, 4.69) is 20.6 Å². The molecule has 0 fully saturated rings. The van der Waals surface area contributed by atoms with Crippen LogP contribution in [0.5, 0.6) is 11.5 Å². The zero-order valence-electron chi connectivity index (χ0n) is 13.4. The molecule has 2 N–H and O–H groups in total. The number of ether oxygens (including phenoxy) is 1. The van der Waals surface area contributed by atoms with Crippen LogP contribution in [0.1, 0.15) is 11.4 Å². The van der Waals surface area contributed by atoms with Crippen LogP contribution < -0.4 is 10.1 Å². The van der Waals surface area contributed by atoms with Gasteiger partial charge in [-0.1, -0.05) is 23.5 Å². The van der Waals surface area contributed by atoms with E-state index >= 15 is 0 Å². The van der Waals surface area contributed by atoms with Gasteiger partial charge < -0.3 is 15.2 Å². The highest BCUT2D eigenvalue weighted by Crippen LogP contribution is 2.25. The summed E-state index contributed by atoms with van der Waals surface area (Å²) in [5, 5.41) is 26.3. The molecule has 0 saturated heterocycles. The van der Waals surface area contributed by atoms with Crippen LogP contribution >= 0.6 is 11.3 Å². The van der Waals surface area contributed by atoms with Gasteiger partial charge in [0, 0.05) is 12.1 Å². The van der Waals surface area contributed by atoms with Gasteiger partial charge in [0.25, 0.3) is 0 Å². The molecule has 0 aliphatic heterocycles. The highest BCUT2D eigenvalue weighted by Gasteiger charge is 2.12. The molecule has 25 heavy (non-hydrogen) atoms. The van der Waals surface area contributed by atoms with Crippen LogP contribution in [0.15, 0.2) is 48.5 Å². The lowest BCUT2D eigenvalue weighted by molar-refractivity contribution is 0.415. The van der Waals surface area contributed by atoms with Crippen molar-refractivity contribution in [1.29, 1.82) is 0 Å². The maximum atomic E-state index is 9.37. The Morgan fingerprint density at radius 1 is 1.08 bits per heavy atom. The molecule has 2 heterocycles. The number of hydrogen-bond acceptors (Lipinski definition) is 7. The summed E-state index contributed by atoms with van der Waals surface area (Å²) in [6, 6.07) is 14.7. The number of phenols is 1. The Bertz CT molecular complexity index is 992. The Morgan fingerprint density at radius 3 is 2.56 bits per heavy atom. The number of nitrogens with zero attached hydrogens (tertiary/aromatic N) is 4. The number of aromatic hydroxyl groups is 1. The van der Waals surface area contributed by atoms with Gasteiger partial charge in [-0.25, -0.2) is 0 Å². The highest BCUT2D eigenvalue weighted by atomic mass is 32.1. The molecule has 0 radical (unpaired) electrons. The van der Waals surface area contributed by atoms with E-state index in [-0.39, 0.29) is 5.75 Å². The van der Waals surface area contributed by atoms with Crippen molar-refractivity contribution in [2.24, 2.45) is 0 Å². The van der Waals surface area contributed by atoms with Crippen LogP contribution in [0.2, 0.25) is 0 Å². The number of benzene rings is 2. The van der Waals surface area contributed by atoms with Crippen molar-refractivity contribution in [3.63, 3.8) is 0 Å². The fourth-order valence-corrected chi connectivity index (χ4v) is 3.19. The van der Waals surface area contributed by atoms with Crippen molar-refractivity contribution in [2.45, 2.75) is 6.42 Å². The Kier molecular flexibility index (Phi) is 3.95. The largest absolute Gasteiger partial charge is 0.508 e. The third kappa shape index (κ3) is 3.24. The quantitative estimate of drug-likeness (QED) is 0.573. The van der Waals surface area contributed by atoms with Crippen molar-refractivity contribution in [3.8, 4) is 11.5 Å². The predicted octanol–water partition coefficient (Wildman–Crippen LogP) is 3.23. The minimum Gasteiger partial charge on any atom is -0.508 e. The molecule has 8 heteroatoms. The molecular weight excluding hydrogens is 338 g/mol. The summed E-state index contributed by atoms with van der Waals surface area (Å²) >= 11 is 1.43. The second kappa shape index (κ2) is 6.40. The number of fused-ring (bicyclic) bond motifs is 1. The van der Waals surface area contributed by atoms with Crippen molar-refractivity contribution in [2.75, 3.05) is 12.4 Å². The molecule has 7 nitrogen and oxygen atoms in total. The van der Waals surface area contributed by atoms with Crippen LogP contribution in [0.3, 0.4) is 0 Å². The highest BCUT2D eigenvalue weighted by molar-refractivity contribution is 7.20. The van der Waals surface area contributed by atoms with Gasteiger partial charge in [0.15, 0.2) is 5.82 Å². The van der Waals surface area contributed by atoms with E-state index in [0.29, 0.717) is 6.42 Å². The van der Waals surface area contributed by atoms with Crippen LogP contribution in [0, 0.1) is 0 Å². The first-order valence-corrected chi connectivity index (χ1v) is 8.43. The number of methoxy groups -OCH3 is 1. The lowest BCUT2D eigenvalue weighted by Gasteiger charge is -2.03. The first-order chi connectivity index (χ1) is 12.2. The lowest BCUT2D eigenvalue weighted by atomic mass is 10.1. The molecule has 2 aromatic carbocycles. The summed E-state index contributed by atoms with van der Waals surface area (Å²) in [6.07, 6.45) is 0.590. The van der Waals surface area contributed by atoms with Crippen LogP contribution in [0.4, 0.5) is 10.8 Å². The number of hydrogen-bond donors (Lipinski definition) is 2. The number of nitrogens with one attached hydrogen (secondary N) is 1. The molecular formula is C17H15N5O2S. The SMILES string of the molecule is COc1ccc(Nc2nn3c(Cc4ccc(O)cc4)nnc3s2)cc1. The summed E-state index contributed by atoms with van der Waals surface area (Å²) in [7, 11) is 1.64. The van der Waals surface area contributed by atoms with E-state index in [1.165, 1.54) is 11.3 Å². The Balaban J connectivity index is 1.56. The fourth-order valence-electron chi connectivity index (χ4n) is 2.41. The van der Waals surface area contributed by atoms with Crippen molar-refractivity contribution >= 4 is 27.1 Å². The van der Waals surface area contributed by atoms with Gasteiger partial charge in [-0.05, 0) is 42.0 Å². The van der Waals surface area contributed by atoms with Crippen LogP contribution in [-0.2, 0) is 6.42 Å². The van der Waals surface area contributed by atoms with Crippen molar-refractivity contribution in [1.82, 2.24) is 19.8 Å². The molecule has 0 atom stereocenters. The predicted molar refractivity (Wildman–Crippen MR) is 95.8 cm³/mol. The molecule has 0 amide bonds. The van der Waals surface area contributed by atoms with E-state index in [1.807, 2.05) is 36.4 Å². The summed E-state index contributed by atoms with van der Waals surface area (Å²) in [5.74, 6) is 1.80. The average Bonchev–Trinajstić information content (AvgIpc) is 3.19. The minimum atomic E-state index is 0.245. The van der Waals surface area contributed by atoms with Crippen molar-refractivity contribution in [3.05, 3.63) is 59.9 Å². The molecule has 0 aliphatic carbocycles. The molecule has 0 unspecified atom stereocenters. The minimum absolute atomic E-state index is 0.245. The standard InChI is InChI=1S/C17H15N5O2S/c1-24-14-8-4-12(5-9-14)18-16-21-22-15(19-20-17(22)25-16)10-11-2-6-13(23)7-3-11/h2-9,23H,10H2,1H3,(H,18,21). The second-order valence-electron chi connectivity index (χ2n) is 5.41.